The third kappa shape index (κ3) is 2.87. The highest BCUT2D eigenvalue weighted by atomic mass is 16.1. The van der Waals surface area contributed by atoms with Crippen LogP contribution in [0.15, 0.2) is 35.4 Å². The highest BCUT2D eigenvalue weighted by molar-refractivity contribution is 6.00. The lowest BCUT2D eigenvalue weighted by Gasteiger charge is -2.26. The molecule has 0 aliphatic heterocycles. The van der Waals surface area contributed by atoms with Crippen LogP contribution < -0.4 is 21.5 Å². The zero-order valence-electron chi connectivity index (χ0n) is 14.2. The first-order valence-electron chi connectivity index (χ1n) is 8.48. The fraction of sp³-hybridized carbons (Fsp3) is 0.294. The molecule has 0 aromatic carbocycles. The molecule has 0 radical (unpaired) electrons. The van der Waals surface area contributed by atoms with Crippen molar-refractivity contribution in [3.63, 3.8) is 0 Å². The van der Waals surface area contributed by atoms with Gasteiger partial charge < -0.3 is 20.9 Å². The van der Waals surface area contributed by atoms with Crippen LogP contribution in [0.25, 0.3) is 5.65 Å². The summed E-state index contributed by atoms with van der Waals surface area (Å²) in [5.41, 5.74) is 0.936. The van der Waals surface area contributed by atoms with Crippen LogP contribution >= 0.6 is 0 Å². The number of aromatic amines is 1. The van der Waals surface area contributed by atoms with Crippen LogP contribution in [-0.2, 0) is 0 Å². The van der Waals surface area contributed by atoms with Gasteiger partial charge in [0, 0.05) is 25.4 Å². The van der Waals surface area contributed by atoms with Gasteiger partial charge in [-0.1, -0.05) is 0 Å². The summed E-state index contributed by atoms with van der Waals surface area (Å²) in [6, 6.07) is 5.33. The number of rotatable bonds is 5. The molecule has 4 N–H and O–H groups in total. The van der Waals surface area contributed by atoms with Gasteiger partial charge in [0.05, 0.1) is 6.20 Å². The molecule has 0 atom stereocenters. The number of hydrogen-bond donors (Lipinski definition) is 4. The Morgan fingerprint density at radius 1 is 1.38 bits per heavy atom. The number of hydrogen-bond acceptors (Lipinski definition) is 6. The molecular weight excluding hydrogens is 334 g/mol. The molecule has 0 bridgehead atoms. The van der Waals surface area contributed by atoms with Gasteiger partial charge in [0.25, 0.3) is 11.5 Å². The Kier molecular flexibility index (Phi) is 4.04. The Hall–Kier alpha value is -3.36. The van der Waals surface area contributed by atoms with Gasteiger partial charge in [0.2, 0.25) is 0 Å². The smallest absolute Gasteiger partial charge is 0.271 e. The Morgan fingerprint density at radius 3 is 2.92 bits per heavy atom. The largest absolute Gasteiger partial charge is 0.373 e. The van der Waals surface area contributed by atoms with Crippen molar-refractivity contribution in [1.82, 2.24) is 24.9 Å². The highest BCUT2D eigenvalue weighted by Gasteiger charge is 2.23. The van der Waals surface area contributed by atoms with E-state index in [1.54, 1.807) is 36.0 Å². The zero-order valence-corrected chi connectivity index (χ0v) is 14.2. The molecule has 9 nitrogen and oxygen atoms in total. The SMILES string of the molecule is CNc1cc(Nc2ccc[nH]c2=O)nc2c(C(=O)NC3CCC3)cnn12. The van der Waals surface area contributed by atoms with Crippen LogP contribution in [0, 0.1) is 0 Å². The summed E-state index contributed by atoms with van der Waals surface area (Å²) in [4.78, 5) is 31.5. The number of nitrogens with zero attached hydrogens (tertiary/aromatic N) is 3. The first kappa shape index (κ1) is 16.1. The minimum Gasteiger partial charge on any atom is -0.373 e. The van der Waals surface area contributed by atoms with E-state index in [4.69, 9.17) is 0 Å². The number of aromatic nitrogens is 4. The molecule has 1 saturated carbocycles. The molecule has 1 amide bonds. The monoisotopic (exact) mass is 353 g/mol. The average molecular weight is 353 g/mol. The van der Waals surface area contributed by atoms with Crippen molar-refractivity contribution in [2.24, 2.45) is 0 Å². The molecule has 1 aliphatic carbocycles. The number of anilines is 3. The van der Waals surface area contributed by atoms with Crippen LogP contribution in [-0.4, -0.2) is 38.6 Å². The molecule has 134 valence electrons. The second-order valence-electron chi connectivity index (χ2n) is 6.21. The second-order valence-corrected chi connectivity index (χ2v) is 6.21. The van der Waals surface area contributed by atoms with E-state index in [9.17, 15) is 9.59 Å². The number of H-pyrrole nitrogens is 1. The first-order chi connectivity index (χ1) is 12.7. The van der Waals surface area contributed by atoms with Gasteiger partial charge in [0.15, 0.2) is 5.65 Å². The molecule has 3 heterocycles. The van der Waals surface area contributed by atoms with Crippen molar-refractivity contribution >= 4 is 28.9 Å². The number of amides is 1. The van der Waals surface area contributed by atoms with Crippen LogP contribution in [0.1, 0.15) is 29.6 Å². The van der Waals surface area contributed by atoms with E-state index in [1.807, 2.05) is 0 Å². The number of carbonyl (C=O) groups is 1. The molecule has 3 aromatic heterocycles. The molecule has 0 unspecified atom stereocenters. The van der Waals surface area contributed by atoms with Crippen molar-refractivity contribution in [2.75, 3.05) is 17.7 Å². The van der Waals surface area contributed by atoms with Crippen molar-refractivity contribution < 1.29 is 4.79 Å². The number of fused-ring (bicyclic) bond motifs is 1. The summed E-state index contributed by atoms with van der Waals surface area (Å²) in [5, 5.41) is 13.3. The Balaban J connectivity index is 1.72. The minimum atomic E-state index is -0.253. The summed E-state index contributed by atoms with van der Waals surface area (Å²) in [5.74, 6) is 0.901. The molecule has 4 rings (SSSR count). The molecule has 3 aromatic rings. The van der Waals surface area contributed by atoms with E-state index in [1.165, 1.54) is 6.20 Å². The summed E-state index contributed by atoms with van der Waals surface area (Å²) in [6.07, 6.45) is 6.22. The summed E-state index contributed by atoms with van der Waals surface area (Å²) < 4.78 is 1.57. The Bertz CT molecular complexity index is 1020. The number of pyridine rings is 1. The van der Waals surface area contributed by atoms with E-state index in [0.29, 0.717) is 28.5 Å². The Labute approximate surface area is 148 Å². The fourth-order valence-corrected chi connectivity index (χ4v) is 2.84. The summed E-state index contributed by atoms with van der Waals surface area (Å²) in [6.45, 7) is 0. The van der Waals surface area contributed by atoms with Gasteiger partial charge in [-0.25, -0.2) is 4.98 Å². The maximum Gasteiger partial charge on any atom is 0.271 e. The van der Waals surface area contributed by atoms with Gasteiger partial charge in [-0.3, -0.25) is 9.59 Å². The maximum absolute atomic E-state index is 12.5. The van der Waals surface area contributed by atoms with Gasteiger partial charge in [0.1, 0.15) is 22.9 Å². The molecular formula is C17H19N7O2. The lowest BCUT2D eigenvalue weighted by molar-refractivity contribution is 0.0918. The van der Waals surface area contributed by atoms with Crippen LogP contribution in [0.5, 0.6) is 0 Å². The zero-order chi connectivity index (χ0) is 18.1. The molecule has 0 spiro atoms. The standard InChI is InChI=1S/C17H19N7O2/c1-18-14-8-13(22-12-6-3-7-19-17(12)26)23-15-11(9-20-24(14)15)16(25)21-10-4-2-5-10/h3,6-10,18H,2,4-5H2,1H3,(H,19,26)(H,21,25)(H,22,23). The minimum absolute atomic E-state index is 0.186. The van der Waals surface area contributed by atoms with E-state index in [-0.39, 0.29) is 17.5 Å². The third-order valence-corrected chi connectivity index (χ3v) is 4.49. The van der Waals surface area contributed by atoms with Gasteiger partial charge >= 0.3 is 0 Å². The van der Waals surface area contributed by atoms with Gasteiger partial charge in [-0.2, -0.15) is 9.61 Å². The first-order valence-corrected chi connectivity index (χ1v) is 8.48. The predicted molar refractivity (Wildman–Crippen MR) is 98.0 cm³/mol. The average Bonchev–Trinajstić information content (AvgIpc) is 3.03. The summed E-state index contributed by atoms with van der Waals surface area (Å²) in [7, 11) is 1.75. The van der Waals surface area contributed by atoms with E-state index < -0.39 is 0 Å². The molecule has 1 aliphatic rings. The van der Waals surface area contributed by atoms with Crippen molar-refractivity contribution in [1.29, 1.82) is 0 Å². The lowest BCUT2D eigenvalue weighted by atomic mass is 9.93. The molecule has 1 fully saturated rings. The topological polar surface area (TPSA) is 116 Å². The highest BCUT2D eigenvalue weighted by Crippen LogP contribution is 2.22. The van der Waals surface area contributed by atoms with Gasteiger partial charge in [-0.05, 0) is 31.4 Å². The van der Waals surface area contributed by atoms with Crippen molar-refractivity contribution in [3.8, 4) is 0 Å². The maximum atomic E-state index is 12.5. The predicted octanol–water partition coefficient (Wildman–Crippen LogP) is 1.49. The Morgan fingerprint density at radius 2 is 2.23 bits per heavy atom. The van der Waals surface area contributed by atoms with Crippen LogP contribution in [0.2, 0.25) is 0 Å². The second kappa shape index (κ2) is 6.51. The van der Waals surface area contributed by atoms with Crippen molar-refractivity contribution in [3.05, 3.63) is 46.5 Å². The number of carbonyl (C=O) groups excluding carboxylic acids is 1. The summed E-state index contributed by atoms with van der Waals surface area (Å²) >= 11 is 0. The molecule has 9 heteroatoms. The number of nitrogens with one attached hydrogen (secondary N) is 4. The van der Waals surface area contributed by atoms with Crippen molar-refractivity contribution in [2.45, 2.75) is 25.3 Å². The molecule has 0 saturated heterocycles. The van der Waals surface area contributed by atoms with Gasteiger partial charge in [-0.15, -0.1) is 0 Å². The third-order valence-electron chi connectivity index (χ3n) is 4.49. The quantitative estimate of drug-likeness (QED) is 0.552. The van der Waals surface area contributed by atoms with E-state index >= 15 is 0 Å². The van der Waals surface area contributed by atoms with Crippen LogP contribution in [0.3, 0.4) is 0 Å². The fourth-order valence-electron chi connectivity index (χ4n) is 2.84. The normalized spacial score (nSPS) is 14.0. The van der Waals surface area contributed by atoms with E-state index in [2.05, 4.69) is 31.0 Å². The lowest BCUT2D eigenvalue weighted by Crippen LogP contribution is -2.39. The van der Waals surface area contributed by atoms with E-state index in [0.717, 1.165) is 19.3 Å². The van der Waals surface area contributed by atoms with Crippen LogP contribution in [0.4, 0.5) is 17.3 Å². The molecule has 26 heavy (non-hydrogen) atoms.